The molecule has 1 aromatic rings. The maximum atomic E-state index is 8.39. The van der Waals surface area contributed by atoms with E-state index in [-0.39, 0.29) is 0 Å². The van der Waals surface area contributed by atoms with Crippen LogP contribution < -0.4 is 0 Å². The lowest BCUT2D eigenvalue weighted by Crippen LogP contribution is -1.93. The van der Waals surface area contributed by atoms with Crippen LogP contribution in [0.2, 0.25) is 0 Å². The molecule has 1 aromatic heterocycles. The molecule has 0 spiro atoms. The molecule has 0 aliphatic rings. The van der Waals surface area contributed by atoms with E-state index in [1.54, 1.807) is 6.08 Å². The average molecular weight is 179 g/mol. The van der Waals surface area contributed by atoms with Gasteiger partial charge in [0.05, 0.1) is 6.26 Å². The smallest absolute Gasteiger partial charge is 0.0751 e. The molecular weight excluding hydrogens is 162 g/mol. The van der Waals surface area contributed by atoms with Gasteiger partial charge in [0.15, 0.2) is 0 Å². The molecule has 0 aromatic carbocycles. The highest BCUT2D eigenvalue weighted by Gasteiger charge is 1.89. The van der Waals surface area contributed by atoms with Crippen molar-refractivity contribution in [3.05, 3.63) is 36.9 Å². The molecule has 1 rings (SSSR count). The predicted molar refractivity (Wildman–Crippen MR) is 54.7 cm³/mol. The minimum atomic E-state index is 0.988. The molecule has 13 heavy (non-hydrogen) atoms. The van der Waals surface area contributed by atoms with E-state index in [1.807, 2.05) is 0 Å². The van der Waals surface area contributed by atoms with Crippen molar-refractivity contribution in [3.8, 4) is 0 Å². The number of aryl methyl sites for hydroxylation is 1. The van der Waals surface area contributed by atoms with Gasteiger partial charge in [-0.25, -0.2) is 0 Å². The third kappa shape index (κ3) is 4.41. The molecule has 0 atom stereocenters. The lowest BCUT2D eigenvalue weighted by molar-refractivity contribution is 0.469. The fourth-order valence-corrected chi connectivity index (χ4v) is 1.33. The van der Waals surface area contributed by atoms with Crippen LogP contribution in [0.15, 0.2) is 36.9 Å². The zero-order valence-electron chi connectivity index (χ0n) is 7.89. The summed E-state index contributed by atoms with van der Waals surface area (Å²) in [6.45, 7) is 1.11. The number of hydrogen-bond acceptors (Lipinski definition) is 1. The van der Waals surface area contributed by atoms with E-state index < -0.39 is 0 Å². The van der Waals surface area contributed by atoms with Crippen LogP contribution in [0.3, 0.4) is 0 Å². The molecule has 72 valence electrons. The highest BCUT2D eigenvalue weighted by molar-refractivity contribution is 4.89. The summed E-state index contributed by atoms with van der Waals surface area (Å²) < 4.78 is 2.20. The van der Waals surface area contributed by atoms with Crippen LogP contribution in [0.5, 0.6) is 0 Å². The first kappa shape index (κ1) is 9.90. The van der Waals surface area contributed by atoms with Crippen LogP contribution in [0.4, 0.5) is 0 Å². The Labute approximate surface area is 79.5 Å². The molecule has 0 saturated heterocycles. The SMILES string of the molecule is O/C=C/CCCCCn1cccc1. The van der Waals surface area contributed by atoms with Crippen molar-refractivity contribution in [3.63, 3.8) is 0 Å². The third-order valence-electron chi connectivity index (χ3n) is 2.06. The van der Waals surface area contributed by atoms with E-state index in [9.17, 15) is 0 Å². The first-order valence-electron chi connectivity index (χ1n) is 4.83. The van der Waals surface area contributed by atoms with Crippen LogP contribution in [0.1, 0.15) is 25.7 Å². The molecule has 0 aliphatic heterocycles. The highest BCUT2D eigenvalue weighted by atomic mass is 16.2. The van der Waals surface area contributed by atoms with Crippen molar-refractivity contribution >= 4 is 0 Å². The molecule has 0 radical (unpaired) electrons. The summed E-state index contributed by atoms with van der Waals surface area (Å²) in [5, 5.41) is 8.39. The highest BCUT2D eigenvalue weighted by Crippen LogP contribution is 2.03. The summed E-state index contributed by atoms with van der Waals surface area (Å²) in [5.41, 5.74) is 0. The Balaban J connectivity index is 1.96. The number of aliphatic hydroxyl groups is 1. The molecular formula is C11H17NO. The first-order chi connectivity index (χ1) is 6.43. The van der Waals surface area contributed by atoms with E-state index in [2.05, 4.69) is 29.1 Å². The number of rotatable bonds is 6. The van der Waals surface area contributed by atoms with Gasteiger partial charge in [0, 0.05) is 18.9 Å². The van der Waals surface area contributed by atoms with Gasteiger partial charge in [-0.05, 0) is 31.4 Å². The Hall–Kier alpha value is -1.18. The minimum absolute atomic E-state index is 0.988. The van der Waals surface area contributed by atoms with Gasteiger partial charge >= 0.3 is 0 Å². The Morgan fingerprint density at radius 1 is 1.08 bits per heavy atom. The van der Waals surface area contributed by atoms with Crippen molar-refractivity contribution in [2.45, 2.75) is 32.2 Å². The predicted octanol–water partition coefficient (Wildman–Crippen LogP) is 3.12. The summed E-state index contributed by atoms with van der Waals surface area (Å²) in [4.78, 5) is 0. The summed E-state index contributed by atoms with van der Waals surface area (Å²) in [6, 6.07) is 4.10. The number of aliphatic hydroxyl groups excluding tert-OH is 1. The Morgan fingerprint density at radius 3 is 2.54 bits per heavy atom. The van der Waals surface area contributed by atoms with Crippen LogP contribution in [0.25, 0.3) is 0 Å². The minimum Gasteiger partial charge on any atom is -0.516 e. The number of hydrogen-bond donors (Lipinski definition) is 1. The van der Waals surface area contributed by atoms with Crippen molar-refractivity contribution in [2.75, 3.05) is 0 Å². The fourth-order valence-electron chi connectivity index (χ4n) is 1.33. The van der Waals surface area contributed by atoms with Crippen molar-refractivity contribution < 1.29 is 5.11 Å². The number of unbranched alkanes of at least 4 members (excludes halogenated alkanes) is 3. The largest absolute Gasteiger partial charge is 0.516 e. The topological polar surface area (TPSA) is 25.2 Å². The molecule has 0 bridgehead atoms. The molecule has 2 nitrogen and oxygen atoms in total. The molecule has 2 heteroatoms. The summed E-state index contributed by atoms with van der Waals surface area (Å²) in [6.07, 6.45) is 11.7. The fraction of sp³-hybridized carbons (Fsp3) is 0.455. The van der Waals surface area contributed by atoms with E-state index in [0.717, 1.165) is 19.2 Å². The van der Waals surface area contributed by atoms with Gasteiger partial charge < -0.3 is 9.67 Å². The third-order valence-corrected chi connectivity index (χ3v) is 2.06. The number of allylic oxidation sites excluding steroid dienone is 1. The van der Waals surface area contributed by atoms with Gasteiger partial charge in [0.2, 0.25) is 0 Å². The average Bonchev–Trinajstić information content (AvgIpc) is 2.63. The van der Waals surface area contributed by atoms with Gasteiger partial charge in [-0.2, -0.15) is 0 Å². The monoisotopic (exact) mass is 179 g/mol. The summed E-state index contributed by atoms with van der Waals surface area (Å²) in [7, 11) is 0. The van der Waals surface area contributed by atoms with E-state index in [0.29, 0.717) is 0 Å². The first-order valence-corrected chi connectivity index (χ1v) is 4.83. The van der Waals surface area contributed by atoms with Crippen molar-refractivity contribution in [2.24, 2.45) is 0 Å². The summed E-state index contributed by atoms with van der Waals surface area (Å²) >= 11 is 0. The molecule has 1 N–H and O–H groups in total. The molecule has 0 aliphatic carbocycles. The van der Waals surface area contributed by atoms with Crippen molar-refractivity contribution in [1.82, 2.24) is 4.57 Å². The molecule has 0 fully saturated rings. The molecule has 0 unspecified atom stereocenters. The second-order valence-corrected chi connectivity index (χ2v) is 3.15. The van der Waals surface area contributed by atoms with Crippen molar-refractivity contribution in [1.29, 1.82) is 0 Å². The van der Waals surface area contributed by atoms with Gasteiger partial charge in [0.1, 0.15) is 0 Å². The van der Waals surface area contributed by atoms with Gasteiger partial charge in [-0.15, -0.1) is 0 Å². The molecule has 0 amide bonds. The second-order valence-electron chi connectivity index (χ2n) is 3.15. The van der Waals surface area contributed by atoms with Crippen LogP contribution >= 0.6 is 0 Å². The van der Waals surface area contributed by atoms with Gasteiger partial charge in [-0.3, -0.25) is 0 Å². The quantitative estimate of drug-likeness (QED) is 0.526. The van der Waals surface area contributed by atoms with Crippen LogP contribution in [-0.2, 0) is 6.54 Å². The normalized spacial score (nSPS) is 11.1. The number of aromatic nitrogens is 1. The lowest BCUT2D eigenvalue weighted by atomic mass is 10.2. The Kier molecular flexibility index (Phi) is 4.84. The standard InChI is InChI=1S/C11H17NO/c13-11-7-3-1-2-4-8-12-9-5-6-10-12/h5-7,9-11,13H,1-4,8H2/b11-7+. The van der Waals surface area contributed by atoms with Gasteiger partial charge in [0.25, 0.3) is 0 Å². The van der Waals surface area contributed by atoms with E-state index in [4.69, 9.17) is 5.11 Å². The zero-order valence-corrected chi connectivity index (χ0v) is 7.89. The van der Waals surface area contributed by atoms with Gasteiger partial charge in [-0.1, -0.05) is 12.5 Å². The summed E-state index contributed by atoms with van der Waals surface area (Å²) in [5.74, 6) is 0. The van der Waals surface area contributed by atoms with E-state index >= 15 is 0 Å². The molecule has 0 saturated carbocycles. The molecule has 1 heterocycles. The number of nitrogens with zero attached hydrogens (tertiary/aromatic N) is 1. The Bertz CT molecular complexity index is 226. The zero-order chi connectivity index (χ0) is 9.36. The van der Waals surface area contributed by atoms with E-state index in [1.165, 1.54) is 19.3 Å². The maximum Gasteiger partial charge on any atom is 0.0751 e. The Morgan fingerprint density at radius 2 is 1.85 bits per heavy atom. The van der Waals surface area contributed by atoms with Crippen LogP contribution in [0, 0.1) is 0 Å². The lowest BCUT2D eigenvalue weighted by Gasteiger charge is -2.01. The maximum absolute atomic E-state index is 8.39. The second kappa shape index (κ2) is 6.35. The van der Waals surface area contributed by atoms with Crippen LogP contribution in [-0.4, -0.2) is 9.67 Å².